The third-order valence-electron chi connectivity index (χ3n) is 9.14. The molecule has 248 valence electrons. The number of thiazole rings is 1. The maximum absolute atomic E-state index is 14.1. The average Bonchev–Trinajstić information content (AvgIpc) is 3.71. The van der Waals surface area contributed by atoms with Crippen LogP contribution in [0.5, 0.6) is 5.75 Å². The van der Waals surface area contributed by atoms with Gasteiger partial charge in [-0.1, -0.05) is 49.1 Å². The Hall–Kier alpha value is -3.05. The van der Waals surface area contributed by atoms with Gasteiger partial charge in [0.15, 0.2) is 5.78 Å². The molecule has 9 nitrogen and oxygen atoms in total. The quantitative estimate of drug-likeness (QED) is 0.184. The molecule has 4 atom stereocenters. The predicted molar refractivity (Wildman–Crippen MR) is 183 cm³/mol. The third-order valence-corrected chi connectivity index (χ3v) is 10.4. The monoisotopic (exact) mass is 667 g/mol. The lowest BCUT2D eigenvalue weighted by atomic mass is 9.86. The second kappa shape index (κ2) is 16.2. The molecule has 1 saturated carbocycles. The molecule has 2 amide bonds. The van der Waals surface area contributed by atoms with E-state index in [1.807, 2.05) is 50.5 Å². The van der Waals surface area contributed by atoms with Gasteiger partial charge in [-0.3, -0.25) is 14.4 Å². The van der Waals surface area contributed by atoms with Crippen molar-refractivity contribution in [1.29, 1.82) is 0 Å². The second-order valence-corrected chi connectivity index (χ2v) is 14.5. The number of fused-ring (bicyclic) bond motifs is 2. The molecule has 0 bridgehead atoms. The molecule has 1 aromatic heterocycles. The molecule has 46 heavy (non-hydrogen) atoms. The molecular formula is C35H46ClN5O4S. The first-order valence-electron chi connectivity index (χ1n) is 16.5. The highest BCUT2D eigenvalue weighted by molar-refractivity contribution is 7.18. The summed E-state index contributed by atoms with van der Waals surface area (Å²) >= 11 is 7.59. The van der Waals surface area contributed by atoms with Crippen molar-refractivity contribution in [3.63, 3.8) is 0 Å². The van der Waals surface area contributed by atoms with Crippen LogP contribution in [0.4, 0.5) is 0 Å². The van der Waals surface area contributed by atoms with Gasteiger partial charge in [0.2, 0.25) is 11.8 Å². The number of nitrogens with two attached hydrogens (primary N) is 1. The molecule has 0 unspecified atom stereocenters. The number of ketones is 1. The van der Waals surface area contributed by atoms with Crippen LogP contribution in [-0.2, 0) is 20.8 Å². The fraction of sp³-hybridized carbons (Fsp3) is 0.543. The van der Waals surface area contributed by atoms with Crippen molar-refractivity contribution in [2.45, 2.75) is 82.3 Å². The molecule has 1 fully saturated rings. The van der Waals surface area contributed by atoms with Crippen LogP contribution in [0.15, 0.2) is 42.5 Å². The minimum atomic E-state index is -0.855. The van der Waals surface area contributed by atoms with Crippen molar-refractivity contribution in [1.82, 2.24) is 20.5 Å². The molecule has 2 heterocycles. The van der Waals surface area contributed by atoms with Crippen molar-refractivity contribution in [2.75, 3.05) is 27.2 Å². The zero-order valence-electron chi connectivity index (χ0n) is 26.8. The first kappa shape index (κ1) is 34.3. The Morgan fingerprint density at radius 2 is 1.87 bits per heavy atom. The fourth-order valence-electron chi connectivity index (χ4n) is 6.62. The number of hydrogen-bond acceptors (Lipinski definition) is 8. The molecule has 4 N–H and O–H groups in total. The number of Topliss-reactive ketones (excluding diaryl/α,β-unsaturated/α-hetero) is 1. The van der Waals surface area contributed by atoms with Crippen LogP contribution in [0.1, 0.15) is 74.4 Å². The number of benzene rings is 2. The minimum absolute atomic E-state index is 0.0352. The Balaban J connectivity index is 1.27. The number of rotatable bonds is 15. The number of unbranched alkanes of at least 4 members (excludes halogenated alkanes) is 1. The van der Waals surface area contributed by atoms with Gasteiger partial charge in [0, 0.05) is 35.8 Å². The van der Waals surface area contributed by atoms with E-state index in [9.17, 15) is 14.4 Å². The molecule has 0 spiro atoms. The zero-order valence-corrected chi connectivity index (χ0v) is 28.4. The van der Waals surface area contributed by atoms with Crippen LogP contribution in [0, 0.1) is 11.8 Å². The Bertz CT molecular complexity index is 1510. The van der Waals surface area contributed by atoms with Gasteiger partial charge in [0.05, 0.1) is 40.0 Å². The third kappa shape index (κ3) is 9.06. The number of hydrogen-bond donors (Lipinski definition) is 3. The molecular weight excluding hydrogens is 622 g/mol. The van der Waals surface area contributed by atoms with E-state index in [0.29, 0.717) is 24.5 Å². The number of nitrogens with zero attached hydrogens (tertiary/aromatic N) is 2. The Morgan fingerprint density at radius 3 is 2.65 bits per heavy atom. The lowest BCUT2D eigenvalue weighted by molar-refractivity contribution is -0.133. The number of aromatic nitrogens is 1. The van der Waals surface area contributed by atoms with Gasteiger partial charge in [-0.05, 0) is 76.5 Å². The summed E-state index contributed by atoms with van der Waals surface area (Å²) in [6.07, 6.45) is 7.13. The van der Waals surface area contributed by atoms with E-state index >= 15 is 0 Å². The largest absolute Gasteiger partial charge is 0.493 e. The van der Waals surface area contributed by atoms with Gasteiger partial charge in [-0.15, -0.1) is 11.3 Å². The molecule has 1 aliphatic carbocycles. The predicted octanol–water partition coefficient (Wildman–Crippen LogP) is 5.44. The zero-order chi connectivity index (χ0) is 32.6. The molecule has 11 heteroatoms. The fourth-order valence-corrected chi connectivity index (χ4v) is 7.92. The highest BCUT2D eigenvalue weighted by atomic mass is 35.5. The Labute approximate surface area is 280 Å². The summed E-state index contributed by atoms with van der Waals surface area (Å²) in [6.45, 7) is 1.44. The first-order valence-corrected chi connectivity index (χ1v) is 17.7. The highest BCUT2D eigenvalue weighted by Gasteiger charge is 2.36. The lowest BCUT2D eigenvalue weighted by Crippen LogP contribution is -2.52. The number of carbonyl (C=O) groups excluding carboxylic acids is 3. The Morgan fingerprint density at radius 1 is 1.09 bits per heavy atom. The number of nitrogens with one attached hydrogen (secondary N) is 2. The number of ether oxygens (including phenoxy) is 1. The van der Waals surface area contributed by atoms with Crippen molar-refractivity contribution in [2.24, 2.45) is 17.6 Å². The van der Waals surface area contributed by atoms with Crippen LogP contribution in [0.25, 0.3) is 10.2 Å². The summed E-state index contributed by atoms with van der Waals surface area (Å²) < 4.78 is 6.73. The van der Waals surface area contributed by atoms with Crippen molar-refractivity contribution in [3.8, 4) is 5.75 Å². The van der Waals surface area contributed by atoms with E-state index in [0.717, 1.165) is 71.6 Å². The van der Waals surface area contributed by atoms with E-state index in [-0.39, 0.29) is 42.4 Å². The van der Waals surface area contributed by atoms with Crippen LogP contribution in [0.3, 0.4) is 0 Å². The summed E-state index contributed by atoms with van der Waals surface area (Å²) in [7, 11) is 4.06. The second-order valence-electron chi connectivity index (χ2n) is 13.0. The van der Waals surface area contributed by atoms with Crippen molar-refractivity contribution in [3.05, 3.63) is 58.1 Å². The maximum atomic E-state index is 14.1. The van der Waals surface area contributed by atoms with Crippen LogP contribution >= 0.6 is 22.9 Å². The van der Waals surface area contributed by atoms with Gasteiger partial charge >= 0.3 is 0 Å². The van der Waals surface area contributed by atoms with Gasteiger partial charge < -0.3 is 26.0 Å². The van der Waals surface area contributed by atoms with E-state index in [4.69, 9.17) is 22.1 Å². The number of carbonyl (C=O) groups is 3. The van der Waals surface area contributed by atoms with Crippen LogP contribution in [0.2, 0.25) is 5.02 Å². The summed E-state index contributed by atoms with van der Waals surface area (Å²) in [5.41, 5.74) is 8.16. The lowest BCUT2D eigenvalue weighted by Gasteiger charge is -2.29. The van der Waals surface area contributed by atoms with Crippen molar-refractivity contribution >= 4 is 50.8 Å². The number of halogens is 1. The highest BCUT2D eigenvalue weighted by Crippen LogP contribution is 2.33. The average molecular weight is 668 g/mol. The molecule has 2 aromatic carbocycles. The van der Waals surface area contributed by atoms with Crippen LogP contribution < -0.4 is 21.1 Å². The normalized spacial score (nSPS) is 18.5. The first-order chi connectivity index (χ1) is 22.2. The van der Waals surface area contributed by atoms with E-state index < -0.39 is 18.0 Å². The van der Waals surface area contributed by atoms with Gasteiger partial charge in [0.25, 0.3) is 0 Å². The molecule has 5 rings (SSSR count). The van der Waals surface area contributed by atoms with E-state index in [1.54, 1.807) is 6.07 Å². The van der Waals surface area contributed by atoms with Gasteiger partial charge in [-0.25, -0.2) is 4.98 Å². The van der Waals surface area contributed by atoms with Gasteiger partial charge in [-0.2, -0.15) is 0 Å². The standard InChI is InChI=1S/C35H46ClN5O4S/c1-41(2)17-8-7-11-23(34(43)39-27-16-18-45-30-13-6-5-12-25(27)30)19-29(42)33(22-9-3-4-10-22)40-35(44)26(37)21-32-38-28-15-14-24(36)20-31(28)46-32/h5-6,12-15,20,22-23,26-27,33H,3-4,7-11,16-19,21,37H2,1-2H3,(H,39,43)(H,40,44)/t23-,26+,27-,33+/m1/s1. The minimum Gasteiger partial charge on any atom is -0.493 e. The molecule has 0 radical (unpaired) electrons. The van der Waals surface area contributed by atoms with E-state index in [2.05, 4.69) is 20.5 Å². The smallest absolute Gasteiger partial charge is 0.237 e. The summed E-state index contributed by atoms with van der Waals surface area (Å²) in [5, 5.41) is 7.64. The summed E-state index contributed by atoms with van der Waals surface area (Å²) in [5.74, 6) is -0.256. The SMILES string of the molecule is CN(C)CCCC[C@H](CC(=O)[C@@H](NC(=O)[C@@H](N)Cc1nc2ccc(Cl)cc2s1)C1CCCC1)C(=O)N[C@@H]1CCOc2ccccc21. The summed E-state index contributed by atoms with van der Waals surface area (Å²) in [6, 6.07) is 11.6. The number of amides is 2. The van der Waals surface area contributed by atoms with E-state index in [1.165, 1.54) is 11.3 Å². The molecule has 1 aliphatic heterocycles. The molecule has 2 aliphatic rings. The van der Waals surface area contributed by atoms with Crippen molar-refractivity contribution < 1.29 is 19.1 Å². The van der Waals surface area contributed by atoms with Gasteiger partial charge in [0.1, 0.15) is 5.75 Å². The maximum Gasteiger partial charge on any atom is 0.237 e. The topological polar surface area (TPSA) is 127 Å². The number of para-hydroxylation sites is 1. The van der Waals surface area contributed by atoms with Crippen LogP contribution in [-0.4, -0.2) is 66.8 Å². The Kier molecular flexibility index (Phi) is 12.1. The molecule has 0 saturated heterocycles. The molecule has 3 aromatic rings. The summed E-state index contributed by atoms with van der Waals surface area (Å²) in [4.78, 5) is 48.0.